The summed E-state index contributed by atoms with van der Waals surface area (Å²) in [6.07, 6.45) is 2.50. The third-order valence-electron chi connectivity index (χ3n) is 4.95. The predicted octanol–water partition coefficient (Wildman–Crippen LogP) is -0.359. The molecule has 3 rings (SSSR count). The van der Waals surface area contributed by atoms with E-state index in [1.807, 2.05) is 0 Å². The maximum Gasteiger partial charge on any atom is 0.223 e. The Hall–Kier alpha value is -0.660. The molecule has 20 heavy (non-hydrogen) atoms. The summed E-state index contributed by atoms with van der Waals surface area (Å²) in [5.41, 5.74) is 0. The molecule has 1 amide bonds. The first kappa shape index (κ1) is 14.3. The Kier molecular flexibility index (Phi) is 3.77. The molecule has 6 nitrogen and oxygen atoms in total. The summed E-state index contributed by atoms with van der Waals surface area (Å²) in [6.45, 7) is 2.21. The molecule has 3 fully saturated rings. The normalized spacial score (nSPS) is 36.5. The molecule has 0 bridgehead atoms. The molecule has 0 spiro atoms. The van der Waals surface area contributed by atoms with Crippen molar-refractivity contribution in [2.24, 2.45) is 11.8 Å². The number of aliphatic hydroxyl groups excluding tert-OH is 1. The number of hydrogen-bond acceptors (Lipinski definition) is 4. The summed E-state index contributed by atoms with van der Waals surface area (Å²) >= 11 is 0. The molecule has 2 aliphatic heterocycles. The summed E-state index contributed by atoms with van der Waals surface area (Å²) in [7, 11) is -3.11. The number of amides is 1. The molecular weight excluding hydrogens is 280 g/mol. The highest BCUT2D eigenvalue weighted by molar-refractivity contribution is 7.89. The van der Waals surface area contributed by atoms with E-state index in [1.54, 1.807) is 4.90 Å². The zero-order valence-corrected chi connectivity index (χ0v) is 12.4. The number of carbonyl (C=O) groups is 1. The van der Waals surface area contributed by atoms with E-state index in [0.29, 0.717) is 32.0 Å². The molecular formula is C13H22N2O4S. The standard InChI is InChI=1S/C13H22N2O4S/c16-12-3-2-10-8-14(9-11(10)12)13(17)4-6-15-5-1-7-20(15,18)19/h10-12,16H,1-9H2. The number of sulfonamides is 1. The molecule has 3 aliphatic rings. The average molecular weight is 302 g/mol. The van der Waals surface area contributed by atoms with Gasteiger partial charge in [-0.05, 0) is 25.2 Å². The fourth-order valence-electron chi connectivity index (χ4n) is 3.76. The van der Waals surface area contributed by atoms with E-state index in [4.69, 9.17) is 0 Å². The SMILES string of the molecule is O=C(CCN1CCCS1(=O)=O)N1CC2CCC(O)C2C1. The van der Waals surface area contributed by atoms with E-state index in [0.717, 1.165) is 19.4 Å². The van der Waals surface area contributed by atoms with Gasteiger partial charge in [-0.2, -0.15) is 0 Å². The quantitative estimate of drug-likeness (QED) is 0.772. The molecule has 3 atom stereocenters. The van der Waals surface area contributed by atoms with Crippen LogP contribution in [0.3, 0.4) is 0 Å². The lowest BCUT2D eigenvalue weighted by Gasteiger charge is -2.20. The van der Waals surface area contributed by atoms with Crippen molar-refractivity contribution >= 4 is 15.9 Å². The molecule has 114 valence electrons. The number of carbonyl (C=O) groups excluding carboxylic acids is 1. The summed E-state index contributed by atoms with van der Waals surface area (Å²) in [4.78, 5) is 14.0. The molecule has 1 aliphatic carbocycles. The zero-order chi connectivity index (χ0) is 14.3. The third-order valence-corrected chi connectivity index (χ3v) is 6.91. The number of hydrogen-bond donors (Lipinski definition) is 1. The predicted molar refractivity (Wildman–Crippen MR) is 73.4 cm³/mol. The van der Waals surface area contributed by atoms with Crippen molar-refractivity contribution in [3.63, 3.8) is 0 Å². The second-order valence-electron chi connectivity index (χ2n) is 6.19. The fourth-order valence-corrected chi connectivity index (χ4v) is 5.29. The highest BCUT2D eigenvalue weighted by Gasteiger charge is 2.43. The Balaban J connectivity index is 1.51. The van der Waals surface area contributed by atoms with Gasteiger partial charge in [0.25, 0.3) is 0 Å². The van der Waals surface area contributed by atoms with Crippen LogP contribution < -0.4 is 0 Å². The van der Waals surface area contributed by atoms with Crippen LogP contribution in [-0.4, -0.2) is 66.7 Å². The second kappa shape index (κ2) is 5.27. The van der Waals surface area contributed by atoms with E-state index in [9.17, 15) is 18.3 Å². The highest BCUT2D eigenvalue weighted by atomic mass is 32.2. The van der Waals surface area contributed by atoms with E-state index < -0.39 is 10.0 Å². The Labute approximate surface area is 119 Å². The van der Waals surface area contributed by atoms with Crippen LogP contribution in [-0.2, 0) is 14.8 Å². The summed E-state index contributed by atoms with van der Waals surface area (Å²) in [5, 5.41) is 9.84. The summed E-state index contributed by atoms with van der Waals surface area (Å²) in [5.74, 6) is 0.897. The van der Waals surface area contributed by atoms with Gasteiger partial charge in [-0.25, -0.2) is 12.7 Å². The van der Waals surface area contributed by atoms with Gasteiger partial charge in [-0.15, -0.1) is 0 Å². The second-order valence-corrected chi connectivity index (χ2v) is 8.27. The van der Waals surface area contributed by atoms with E-state index in [-0.39, 0.29) is 30.1 Å². The lowest BCUT2D eigenvalue weighted by atomic mass is 10.00. The number of likely N-dealkylation sites (tertiary alicyclic amines) is 1. The van der Waals surface area contributed by atoms with Crippen molar-refractivity contribution in [1.29, 1.82) is 0 Å². The minimum Gasteiger partial charge on any atom is -0.393 e. The van der Waals surface area contributed by atoms with Gasteiger partial charge in [0.05, 0.1) is 11.9 Å². The first-order chi connectivity index (χ1) is 9.47. The van der Waals surface area contributed by atoms with Gasteiger partial charge >= 0.3 is 0 Å². The van der Waals surface area contributed by atoms with Crippen LogP contribution in [0, 0.1) is 11.8 Å². The van der Waals surface area contributed by atoms with E-state index in [1.165, 1.54) is 4.31 Å². The van der Waals surface area contributed by atoms with Crippen LogP contribution in [0.2, 0.25) is 0 Å². The molecule has 2 heterocycles. The molecule has 0 aromatic heterocycles. The molecule has 1 N–H and O–H groups in total. The van der Waals surface area contributed by atoms with Crippen LogP contribution in [0.4, 0.5) is 0 Å². The van der Waals surface area contributed by atoms with Crippen LogP contribution in [0.15, 0.2) is 0 Å². The number of fused-ring (bicyclic) bond motifs is 1. The molecule has 1 saturated carbocycles. The summed E-state index contributed by atoms with van der Waals surface area (Å²) < 4.78 is 24.8. The minimum atomic E-state index is -3.11. The molecule has 0 radical (unpaired) electrons. The van der Waals surface area contributed by atoms with Crippen LogP contribution in [0.1, 0.15) is 25.7 Å². The summed E-state index contributed by atoms with van der Waals surface area (Å²) in [6, 6.07) is 0. The van der Waals surface area contributed by atoms with E-state index >= 15 is 0 Å². The number of nitrogens with zero attached hydrogens (tertiary/aromatic N) is 2. The molecule has 2 saturated heterocycles. The van der Waals surface area contributed by atoms with Crippen molar-refractivity contribution in [2.75, 3.05) is 31.9 Å². The molecule has 3 unspecified atom stereocenters. The number of aliphatic hydroxyl groups is 1. The molecule has 0 aromatic rings. The van der Waals surface area contributed by atoms with Gasteiger partial charge in [0.15, 0.2) is 0 Å². The monoisotopic (exact) mass is 302 g/mol. The van der Waals surface area contributed by atoms with Crippen molar-refractivity contribution in [3.05, 3.63) is 0 Å². The van der Waals surface area contributed by atoms with Crippen LogP contribution in [0.5, 0.6) is 0 Å². The smallest absolute Gasteiger partial charge is 0.223 e. The Morgan fingerprint density at radius 3 is 2.70 bits per heavy atom. The molecule has 0 aromatic carbocycles. The zero-order valence-electron chi connectivity index (χ0n) is 11.6. The highest BCUT2D eigenvalue weighted by Crippen LogP contribution is 2.38. The van der Waals surface area contributed by atoms with Gasteiger partial charge in [0, 0.05) is 38.5 Å². The maximum atomic E-state index is 12.2. The Morgan fingerprint density at radius 2 is 2.05 bits per heavy atom. The van der Waals surface area contributed by atoms with Crippen molar-refractivity contribution in [1.82, 2.24) is 9.21 Å². The number of rotatable bonds is 3. The van der Waals surface area contributed by atoms with Crippen LogP contribution >= 0.6 is 0 Å². The average Bonchev–Trinajstić information content (AvgIpc) is 3.04. The maximum absolute atomic E-state index is 12.2. The van der Waals surface area contributed by atoms with E-state index in [2.05, 4.69) is 0 Å². The molecule has 7 heteroatoms. The van der Waals surface area contributed by atoms with Crippen molar-refractivity contribution in [3.8, 4) is 0 Å². The largest absolute Gasteiger partial charge is 0.393 e. The first-order valence-corrected chi connectivity index (χ1v) is 9.02. The van der Waals surface area contributed by atoms with Crippen molar-refractivity contribution < 1.29 is 18.3 Å². The lowest BCUT2D eigenvalue weighted by molar-refractivity contribution is -0.130. The lowest BCUT2D eigenvalue weighted by Crippen LogP contribution is -2.35. The van der Waals surface area contributed by atoms with Gasteiger partial charge < -0.3 is 10.0 Å². The van der Waals surface area contributed by atoms with Gasteiger partial charge in [-0.1, -0.05) is 0 Å². The Morgan fingerprint density at radius 1 is 1.25 bits per heavy atom. The fraction of sp³-hybridized carbons (Fsp3) is 0.923. The van der Waals surface area contributed by atoms with Crippen LogP contribution in [0.25, 0.3) is 0 Å². The van der Waals surface area contributed by atoms with Gasteiger partial charge in [0.1, 0.15) is 0 Å². The van der Waals surface area contributed by atoms with Crippen molar-refractivity contribution in [2.45, 2.75) is 31.8 Å². The van der Waals surface area contributed by atoms with Gasteiger partial charge in [-0.3, -0.25) is 4.79 Å². The minimum absolute atomic E-state index is 0.0219. The van der Waals surface area contributed by atoms with Gasteiger partial charge in [0.2, 0.25) is 15.9 Å². The first-order valence-electron chi connectivity index (χ1n) is 7.41. The third kappa shape index (κ3) is 2.58. The Bertz CT molecular complexity index is 493. The topological polar surface area (TPSA) is 77.9 Å².